The van der Waals surface area contributed by atoms with E-state index in [4.69, 9.17) is 0 Å². The third-order valence-electron chi connectivity index (χ3n) is 4.94. The fourth-order valence-corrected chi connectivity index (χ4v) is 3.77. The van der Waals surface area contributed by atoms with Crippen molar-refractivity contribution in [2.45, 2.75) is 39.2 Å². The normalized spacial score (nSPS) is 17.8. The van der Waals surface area contributed by atoms with Crippen molar-refractivity contribution >= 4 is 5.91 Å². The van der Waals surface area contributed by atoms with E-state index in [1.807, 2.05) is 27.7 Å². The minimum Gasteiger partial charge on any atom is -0.354 e. The Hall–Kier alpha value is -2.89. The number of hydrogen-bond donors (Lipinski definition) is 1. The summed E-state index contributed by atoms with van der Waals surface area (Å²) >= 11 is 0. The molecule has 26 heavy (non-hydrogen) atoms. The Balaban J connectivity index is 1.88. The summed E-state index contributed by atoms with van der Waals surface area (Å²) in [7, 11) is 0. The van der Waals surface area contributed by atoms with E-state index in [0.29, 0.717) is 0 Å². The van der Waals surface area contributed by atoms with E-state index >= 15 is 0 Å². The molecule has 0 aliphatic carbocycles. The van der Waals surface area contributed by atoms with Crippen LogP contribution in [0.5, 0.6) is 0 Å². The Bertz CT molecular complexity index is 926. The lowest BCUT2D eigenvalue weighted by Gasteiger charge is -2.20. The predicted molar refractivity (Wildman–Crippen MR) is 100 cm³/mol. The molecule has 6 heteroatoms. The maximum atomic E-state index is 12.6. The topological polar surface area (TPSA) is 64.7 Å². The molecule has 0 saturated carbocycles. The van der Waals surface area contributed by atoms with Gasteiger partial charge in [-0.3, -0.25) is 4.79 Å². The molecule has 1 aliphatic rings. The number of nitrogens with one attached hydrogen (secondary N) is 1. The molecule has 0 spiro atoms. The van der Waals surface area contributed by atoms with Gasteiger partial charge in [0.25, 0.3) is 0 Å². The fraction of sp³-hybridized carbons (Fsp3) is 0.350. The number of nitrogens with zero attached hydrogens (tertiary/aromatic N) is 4. The molecular formula is C20H23N5O. The highest BCUT2D eigenvalue weighted by molar-refractivity contribution is 5.82. The van der Waals surface area contributed by atoms with Gasteiger partial charge in [-0.1, -0.05) is 6.07 Å². The summed E-state index contributed by atoms with van der Waals surface area (Å²) in [4.78, 5) is 17.2. The van der Waals surface area contributed by atoms with Crippen molar-refractivity contribution in [2.24, 2.45) is 0 Å². The van der Waals surface area contributed by atoms with Crippen LogP contribution in [0.15, 0.2) is 43.0 Å². The van der Waals surface area contributed by atoms with E-state index in [9.17, 15) is 4.79 Å². The van der Waals surface area contributed by atoms with Gasteiger partial charge in [-0.25, -0.2) is 9.67 Å². The summed E-state index contributed by atoms with van der Waals surface area (Å²) in [6, 6.07) is 5.95. The zero-order chi connectivity index (χ0) is 18.1. The second-order valence-corrected chi connectivity index (χ2v) is 6.89. The SMILES string of the molecule is Cc1cc(C)c(-c2nccn2[C@H]2CCCCNC2=O)c(-n2cccn2)c1. The van der Waals surface area contributed by atoms with E-state index in [-0.39, 0.29) is 11.9 Å². The van der Waals surface area contributed by atoms with Crippen molar-refractivity contribution in [3.05, 3.63) is 54.1 Å². The minimum atomic E-state index is -0.221. The molecule has 0 unspecified atom stereocenters. The molecule has 6 nitrogen and oxygen atoms in total. The Morgan fingerprint density at radius 3 is 2.85 bits per heavy atom. The lowest BCUT2D eigenvalue weighted by molar-refractivity contribution is -0.124. The summed E-state index contributed by atoms with van der Waals surface area (Å²) in [6.45, 7) is 4.91. The average molecular weight is 349 g/mol. The van der Waals surface area contributed by atoms with E-state index in [1.165, 1.54) is 5.56 Å². The monoisotopic (exact) mass is 349 g/mol. The van der Waals surface area contributed by atoms with Crippen LogP contribution in [0, 0.1) is 13.8 Å². The molecule has 2 aromatic heterocycles. The van der Waals surface area contributed by atoms with Crippen molar-refractivity contribution in [1.29, 1.82) is 0 Å². The molecule has 1 aromatic carbocycles. The molecule has 134 valence electrons. The number of benzene rings is 1. The molecule has 1 atom stereocenters. The highest BCUT2D eigenvalue weighted by atomic mass is 16.2. The molecule has 1 N–H and O–H groups in total. The van der Waals surface area contributed by atoms with Gasteiger partial charge in [-0.15, -0.1) is 0 Å². The first kappa shape index (κ1) is 16.6. The lowest BCUT2D eigenvalue weighted by atomic mass is 10.0. The summed E-state index contributed by atoms with van der Waals surface area (Å²) in [6.07, 6.45) is 10.3. The largest absolute Gasteiger partial charge is 0.354 e. The van der Waals surface area contributed by atoms with Crippen LogP contribution in [-0.4, -0.2) is 31.8 Å². The molecule has 0 bridgehead atoms. The van der Waals surface area contributed by atoms with Crippen LogP contribution >= 0.6 is 0 Å². The smallest absolute Gasteiger partial charge is 0.243 e. The summed E-state index contributed by atoms with van der Waals surface area (Å²) < 4.78 is 3.88. The van der Waals surface area contributed by atoms with Crippen molar-refractivity contribution in [1.82, 2.24) is 24.6 Å². The summed E-state index contributed by atoms with van der Waals surface area (Å²) in [5, 5.41) is 7.43. The third kappa shape index (κ3) is 2.92. The van der Waals surface area contributed by atoms with Gasteiger partial charge >= 0.3 is 0 Å². The van der Waals surface area contributed by atoms with Crippen molar-refractivity contribution in [3.63, 3.8) is 0 Å². The second-order valence-electron chi connectivity index (χ2n) is 6.89. The number of carbonyl (C=O) groups excluding carboxylic acids is 1. The van der Waals surface area contributed by atoms with Gasteiger partial charge in [-0.2, -0.15) is 5.10 Å². The average Bonchev–Trinajstić information content (AvgIpc) is 3.25. The molecule has 3 aromatic rings. The van der Waals surface area contributed by atoms with E-state index in [2.05, 4.69) is 41.4 Å². The van der Waals surface area contributed by atoms with Crippen molar-refractivity contribution in [3.8, 4) is 17.1 Å². The number of hydrogen-bond acceptors (Lipinski definition) is 3. The lowest BCUT2D eigenvalue weighted by Crippen LogP contribution is -2.31. The predicted octanol–water partition coefficient (Wildman–Crippen LogP) is 3.19. The highest BCUT2D eigenvalue weighted by Crippen LogP contribution is 2.33. The molecule has 3 heterocycles. The maximum Gasteiger partial charge on any atom is 0.243 e. The van der Waals surface area contributed by atoms with Gasteiger partial charge in [-0.05, 0) is 56.4 Å². The van der Waals surface area contributed by atoms with Crippen molar-refractivity contribution in [2.75, 3.05) is 6.54 Å². The van der Waals surface area contributed by atoms with E-state index in [0.717, 1.165) is 48.4 Å². The Morgan fingerprint density at radius 2 is 2.04 bits per heavy atom. The molecular weight excluding hydrogens is 326 g/mol. The zero-order valence-corrected chi connectivity index (χ0v) is 15.1. The third-order valence-corrected chi connectivity index (χ3v) is 4.94. The molecule has 1 fully saturated rings. The Labute approximate surface area is 152 Å². The van der Waals surface area contributed by atoms with Crippen LogP contribution in [0.2, 0.25) is 0 Å². The fourth-order valence-electron chi connectivity index (χ4n) is 3.77. The summed E-state index contributed by atoms with van der Waals surface area (Å²) in [5.74, 6) is 0.891. The highest BCUT2D eigenvalue weighted by Gasteiger charge is 2.26. The number of aryl methyl sites for hydroxylation is 2. The van der Waals surface area contributed by atoms with Crippen LogP contribution in [0.25, 0.3) is 17.1 Å². The number of rotatable bonds is 3. The van der Waals surface area contributed by atoms with Crippen LogP contribution in [0.3, 0.4) is 0 Å². The second kappa shape index (κ2) is 6.78. The van der Waals surface area contributed by atoms with Crippen LogP contribution in [0.4, 0.5) is 0 Å². The van der Waals surface area contributed by atoms with E-state index < -0.39 is 0 Å². The summed E-state index contributed by atoms with van der Waals surface area (Å²) in [5.41, 5.74) is 4.29. The van der Waals surface area contributed by atoms with Crippen LogP contribution < -0.4 is 5.32 Å². The van der Waals surface area contributed by atoms with Gasteiger partial charge < -0.3 is 9.88 Å². The molecule has 1 aliphatic heterocycles. The molecule has 1 saturated heterocycles. The van der Waals surface area contributed by atoms with Crippen LogP contribution in [0.1, 0.15) is 36.4 Å². The molecule has 0 radical (unpaired) electrons. The first-order valence-corrected chi connectivity index (χ1v) is 9.07. The Morgan fingerprint density at radius 1 is 1.15 bits per heavy atom. The van der Waals surface area contributed by atoms with Gasteiger partial charge in [0.05, 0.1) is 5.69 Å². The van der Waals surface area contributed by atoms with Gasteiger partial charge in [0, 0.05) is 36.9 Å². The number of amides is 1. The number of aromatic nitrogens is 4. The quantitative estimate of drug-likeness (QED) is 0.790. The molecule has 4 rings (SSSR count). The Kier molecular flexibility index (Phi) is 4.32. The van der Waals surface area contributed by atoms with Crippen LogP contribution in [-0.2, 0) is 4.79 Å². The minimum absolute atomic E-state index is 0.0761. The first-order valence-electron chi connectivity index (χ1n) is 9.07. The number of imidazole rings is 1. The maximum absolute atomic E-state index is 12.6. The zero-order valence-electron chi connectivity index (χ0n) is 15.1. The van der Waals surface area contributed by atoms with E-state index in [1.54, 1.807) is 12.4 Å². The van der Waals surface area contributed by atoms with Gasteiger partial charge in [0.15, 0.2) is 0 Å². The standard InChI is InChI=1S/C20H23N5O/c1-14-12-15(2)18(17(13-14)25-10-5-8-23-25)19-21-9-11-24(19)16-6-3-4-7-22-20(16)26/h5,8-13,16H,3-4,6-7H2,1-2H3,(H,22,26)/t16-/m0/s1. The first-order chi connectivity index (χ1) is 12.6. The van der Waals surface area contributed by atoms with Gasteiger partial charge in [0.1, 0.15) is 11.9 Å². The van der Waals surface area contributed by atoms with Crippen molar-refractivity contribution < 1.29 is 4.79 Å². The number of carbonyl (C=O) groups is 1. The van der Waals surface area contributed by atoms with Gasteiger partial charge in [0.2, 0.25) is 5.91 Å². The molecule has 1 amide bonds.